The Morgan fingerprint density at radius 1 is 1.33 bits per heavy atom. The Labute approximate surface area is 91.7 Å². The van der Waals surface area contributed by atoms with Crippen LogP contribution in [-0.2, 0) is 0 Å². The van der Waals surface area contributed by atoms with Crippen molar-refractivity contribution in [2.75, 3.05) is 0 Å². The van der Waals surface area contributed by atoms with Gasteiger partial charge in [-0.15, -0.1) is 0 Å². The maximum Gasteiger partial charge on any atom is 0.0679 e. The molecule has 0 aromatic heterocycles. The lowest BCUT2D eigenvalue weighted by Crippen LogP contribution is -2.24. The number of nitrogens with zero attached hydrogens (tertiary/aromatic N) is 1. The van der Waals surface area contributed by atoms with E-state index in [2.05, 4.69) is 12.1 Å². The average molecular weight is 202 g/mol. The van der Waals surface area contributed by atoms with Crippen LogP contribution >= 0.6 is 0 Å². The van der Waals surface area contributed by atoms with Crippen LogP contribution in [0.1, 0.15) is 31.0 Å². The van der Waals surface area contributed by atoms with Crippen LogP contribution in [0.2, 0.25) is 0 Å². The molecule has 0 saturated heterocycles. The van der Waals surface area contributed by atoms with Gasteiger partial charge in [0.05, 0.1) is 12.0 Å². The second-order valence-electron chi connectivity index (χ2n) is 4.34. The molecule has 0 spiro atoms. The predicted molar refractivity (Wildman–Crippen MR) is 62.0 cm³/mol. The minimum atomic E-state index is -0.185. The van der Waals surface area contributed by atoms with Crippen molar-refractivity contribution < 1.29 is 0 Å². The van der Waals surface area contributed by atoms with Gasteiger partial charge in [-0.3, -0.25) is 0 Å². The first-order chi connectivity index (χ1) is 7.06. The lowest BCUT2D eigenvalue weighted by Gasteiger charge is -2.21. The van der Waals surface area contributed by atoms with Gasteiger partial charge in [-0.25, -0.2) is 0 Å². The summed E-state index contributed by atoms with van der Waals surface area (Å²) < 4.78 is 0. The summed E-state index contributed by atoms with van der Waals surface area (Å²) in [6.07, 6.45) is 0. The van der Waals surface area contributed by atoms with Gasteiger partial charge in [0.25, 0.3) is 0 Å². The molecule has 0 aliphatic carbocycles. The van der Waals surface area contributed by atoms with Crippen molar-refractivity contribution in [2.24, 2.45) is 17.6 Å². The zero-order chi connectivity index (χ0) is 11.4. The normalized spacial score (nSPS) is 14.7. The molecule has 0 amide bonds. The van der Waals surface area contributed by atoms with Gasteiger partial charge in [-0.05, 0) is 18.4 Å². The summed E-state index contributed by atoms with van der Waals surface area (Å²) >= 11 is 0. The minimum absolute atomic E-state index is 0.119. The maximum atomic E-state index is 9.07. The molecule has 1 aromatic carbocycles. The van der Waals surface area contributed by atoms with Gasteiger partial charge in [0.15, 0.2) is 0 Å². The van der Waals surface area contributed by atoms with Crippen molar-refractivity contribution in [3.63, 3.8) is 0 Å². The Balaban J connectivity index is 2.93. The van der Waals surface area contributed by atoms with Gasteiger partial charge in [0.2, 0.25) is 0 Å². The molecule has 0 heterocycles. The lowest BCUT2D eigenvalue weighted by atomic mass is 9.86. The number of hydrogen-bond acceptors (Lipinski definition) is 2. The van der Waals surface area contributed by atoms with Gasteiger partial charge in [-0.2, -0.15) is 5.26 Å². The van der Waals surface area contributed by atoms with Crippen LogP contribution in [0.25, 0.3) is 0 Å². The summed E-state index contributed by atoms with van der Waals surface area (Å²) in [6, 6.07) is 10.2. The van der Waals surface area contributed by atoms with Crippen molar-refractivity contribution in [1.29, 1.82) is 5.26 Å². The van der Waals surface area contributed by atoms with Crippen molar-refractivity contribution in [3.05, 3.63) is 35.4 Å². The highest BCUT2D eigenvalue weighted by atomic mass is 14.7. The smallest absolute Gasteiger partial charge is 0.0679 e. The molecule has 80 valence electrons. The van der Waals surface area contributed by atoms with E-state index in [4.69, 9.17) is 11.0 Å². The highest BCUT2D eigenvalue weighted by Crippen LogP contribution is 2.25. The molecule has 0 aliphatic rings. The Hall–Kier alpha value is -1.33. The molecule has 2 unspecified atom stereocenters. The van der Waals surface area contributed by atoms with Gasteiger partial charge >= 0.3 is 0 Å². The Morgan fingerprint density at radius 3 is 2.47 bits per heavy atom. The van der Waals surface area contributed by atoms with Crippen LogP contribution in [0.15, 0.2) is 24.3 Å². The Kier molecular flexibility index (Phi) is 3.88. The second kappa shape index (κ2) is 4.95. The topological polar surface area (TPSA) is 49.8 Å². The van der Waals surface area contributed by atoms with Gasteiger partial charge in [0.1, 0.15) is 0 Å². The standard InChI is InChI=1S/C13H18N2/c1-9(2)12(8-14)13(15)11-6-4-5-10(3)7-11/h4-7,9,12-13H,15H2,1-3H3. The predicted octanol–water partition coefficient (Wildman–Crippen LogP) is 2.79. The van der Waals surface area contributed by atoms with E-state index in [1.54, 1.807) is 0 Å². The fourth-order valence-electron chi connectivity index (χ4n) is 1.73. The van der Waals surface area contributed by atoms with Crippen molar-refractivity contribution in [1.82, 2.24) is 0 Å². The molecule has 15 heavy (non-hydrogen) atoms. The van der Waals surface area contributed by atoms with E-state index in [0.29, 0.717) is 0 Å². The van der Waals surface area contributed by atoms with Gasteiger partial charge in [0, 0.05) is 6.04 Å². The number of nitrogens with two attached hydrogens (primary N) is 1. The van der Waals surface area contributed by atoms with Gasteiger partial charge in [-0.1, -0.05) is 43.7 Å². The second-order valence-corrected chi connectivity index (χ2v) is 4.34. The van der Waals surface area contributed by atoms with E-state index >= 15 is 0 Å². The molecule has 2 atom stereocenters. The third-order valence-electron chi connectivity index (χ3n) is 2.68. The molecule has 0 radical (unpaired) electrons. The summed E-state index contributed by atoms with van der Waals surface area (Å²) in [7, 11) is 0. The van der Waals surface area contributed by atoms with E-state index in [-0.39, 0.29) is 17.9 Å². The zero-order valence-corrected chi connectivity index (χ0v) is 9.57. The van der Waals surface area contributed by atoms with E-state index in [1.807, 2.05) is 39.0 Å². The molecule has 0 saturated carbocycles. The summed E-state index contributed by atoms with van der Waals surface area (Å²) in [5.41, 5.74) is 8.33. The Morgan fingerprint density at radius 2 is 2.00 bits per heavy atom. The van der Waals surface area contributed by atoms with Crippen molar-refractivity contribution in [2.45, 2.75) is 26.8 Å². The number of aryl methyl sites for hydroxylation is 1. The van der Waals surface area contributed by atoms with Crippen LogP contribution in [0.4, 0.5) is 0 Å². The third kappa shape index (κ3) is 2.81. The highest BCUT2D eigenvalue weighted by molar-refractivity contribution is 5.26. The van der Waals surface area contributed by atoms with Crippen LogP contribution < -0.4 is 5.73 Å². The van der Waals surface area contributed by atoms with Gasteiger partial charge < -0.3 is 5.73 Å². The molecule has 2 nitrogen and oxygen atoms in total. The molecule has 1 rings (SSSR count). The summed E-state index contributed by atoms with van der Waals surface area (Å²) in [6.45, 7) is 6.10. The van der Waals surface area contributed by atoms with Crippen LogP contribution in [0.3, 0.4) is 0 Å². The van der Waals surface area contributed by atoms with Crippen LogP contribution in [0.5, 0.6) is 0 Å². The molecule has 0 aliphatic heterocycles. The van der Waals surface area contributed by atoms with E-state index in [9.17, 15) is 0 Å². The SMILES string of the molecule is Cc1cccc(C(N)C(C#N)C(C)C)c1. The fraction of sp³-hybridized carbons (Fsp3) is 0.462. The van der Waals surface area contributed by atoms with Crippen molar-refractivity contribution in [3.8, 4) is 6.07 Å². The number of nitriles is 1. The van der Waals surface area contributed by atoms with E-state index in [0.717, 1.165) is 5.56 Å². The molecule has 0 fully saturated rings. The number of hydrogen-bond donors (Lipinski definition) is 1. The van der Waals surface area contributed by atoms with Crippen LogP contribution in [0, 0.1) is 30.1 Å². The van der Waals surface area contributed by atoms with E-state index < -0.39 is 0 Å². The summed E-state index contributed by atoms with van der Waals surface area (Å²) in [5, 5.41) is 9.07. The van der Waals surface area contributed by atoms with Crippen LogP contribution in [-0.4, -0.2) is 0 Å². The first kappa shape index (κ1) is 11.7. The fourth-order valence-corrected chi connectivity index (χ4v) is 1.73. The first-order valence-electron chi connectivity index (χ1n) is 5.28. The number of rotatable bonds is 3. The number of benzene rings is 1. The zero-order valence-electron chi connectivity index (χ0n) is 9.57. The molecular weight excluding hydrogens is 184 g/mol. The Bertz CT molecular complexity index is 363. The first-order valence-corrected chi connectivity index (χ1v) is 5.28. The molecule has 2 N–H and O–H groups in total. The molecule has 0 bridgehead atoms. The van der Waals surface area contributed by atoms with E-state index in [1.165, 1.54) is 5.56 Å². The minimum Gasteiger partial charge on any atom is -0.323 e. The maximum absolute atomic E-state index is 9.07. The molecular formula is C13H18N2. The summed E-state index contributed by atoms with van der Waals surface area (Å²) in [4.78, 5) is 0. The summed E-state index contributed by atoms with van der Waals surface area (Å²) in [5.74, 6) is 0.164. The third-order valence-corrected chi connectivity index (χ3v) is 2.68. The lowest BCUT2D eigenvalue weighted by molar-refractivity contribution is 0.403. The average Bonchev–Trinajstić information content (AvgIpc) is 2.18. The quantitative estimate of drug-likeness (QED) is 0.819. The highest BCUT2D eigenvalue weighted by Gasteiger charge is 2.22. The molecule has 2 heteroatoms. The largest absolute Gasteiger partial charge is 0.323 e. The van der Waals surface area contributed by atoms with Crippen molar-refractivity contribution >= 4 is 0 Å². The monoisotopic (exact) mass is 202 g/mol. The molecule has 1 aromatic rings.